The number of pyridine rings is 1. The van der Waals surface area contributed by atoms with Gasteiger partial charge in [-0.25, -0.2) is 5.43 Å². The third kappa shape index (κ3) is 4.67. The molecule has 0 bridgehead atoms. The summed E-state index contributed by atoms with van der Waals surface area (Å²) in [5.74, 6) is -0.250. The maximum absolute atomic E-state index is 12.5. The van der Waals surface area contributed by atoms with E-state index in [1.165, 1.54) is 5.56 Å². The molecule has 0 aliphatic heterocycles. The van der Waals surface area contributed by atoms with Crippen LogP contribution in [0.25, 0.3) is 0 Å². The summed E-state index contributed by atoms with van der Waals surface area (Å²) in [6.45, 7) is 6.43. The number of hydrogen-bond donors (Lipinski definition) is 1. The summed E-state index contributed by atoms with van der Waals surface area (Å²) >= 11 is 0. The molecule has 136 valence electrons. The van der Waals surface area contributed by atoms with E-state index in [9.17, 15) is 4.79 Å². The summed E-state index contributed by atoms with van der Waals surface area (Å²) in [6, 6.07) is 22.9. The fourth-order valence-corrected chi connectivity index (χ4v) is 2.66. The number of hydrogen-bond acceptors (Lipinski definition) is 3. The Hall–Kier alpha value is -3.27. The molecule has 4 heteroatoms. The monoisotopic (exact) mass is 357 g/mol. The van der Waals surface area contributed by atoms with Crippen LogP contribution in [0.5, 0.6) is 0 Å². The first kappa shape index (κ1) is 18.5. The minimum Gasteiger partial charge on any atom is -0.267 e. The topological polar surface area (TPSA) is 54.4 Å². The van der Waals surface area contributed by atoms with Crippen LogP contribution in [0.4, 0.5) is 0 Å². The third-order valence-corrected chi connectivity index (χ3v) is 4.24. The second-order valence-electron chi connectivity index (χ2n) is 7.31. The number of nitrogens with one attached hydrogen (secondary N) is 1. The molecule has 4 nitrogen and oxygen atoms in total. The van der Waals surface area contributed by atoms with Crippen molar-refractivity contribution >= 4 is 11.6 Å². The molecule has 0 spiro atoms. The molecule has 1 amide bonds. The van der Waals surface area contributed by atoms with Crippen molar-refractivity contribution < 1.29 is 4.79 Å². The molecule has 0 fully saturated rings. The average Bonchev–Trinajstić information content (AvgIpc) is 2.69. The van der Waals surface area contributed by atoms with Crippen LogP contribution in [-0.4, -0.2) is 16.6 Å². The van der Waals surface area contributed by atoms with Crippen LogP contribution < -0.4 is 5.43 Å². The molecule has 1 heterocycles. The van der Waals surface area contributed by atoms with Crippen LogP contribution in [0.15, 0.2) is 84.1 Å². The highest BCUT2D eigenvalue weighted by atomic mass is 16.2. The minimum atomic E-state index is -0.250. The van der Waals surface area contributed by atoms with Gasteiger partial charge >= 0.3 is 0 Å². The normalized spacial score (nSPS) is 11.9. The lowest BCUT2D eigenvalue weighted by molar-refractivity contribution is 0.0955. The summed E-state index contributed by atoms with van der Waals surface area (Å²) in [4.78, 5) is 16.9. The second-order valence-corrected chi connectivity index (χ2v) is 7.31. The van der Waals surface area contributed by atoms with E-state index >= 15 is 0 Å². The van der Waals surface area contributed by atoms with Crippen molar-refractivity contribution in [3.63, 3.8) is 0 Å². The van der Waals surface area contributed by atoms with Gasteiger partial charge in [0.25, 0.3) is 5.91 Å². The number of rotatable bonds is 4. The molecule has 2 aromatic carbocycles. The average molecular weight is 357 g/mol. The fourth-order valence-electron chi connectivity index (χ4n) is 2.66. The van der Waals surface area contributed by atoms with Gasteiger partial charge in [-0.05, 0) is 35.2 Å². The molecule has 0 saturated heterocycles. The summed E-state index contributed by atoms with van der Waals surface area (Å²) in [5.41, 5.74) is 6.67. The molecule has 1 aromatic heterocycles. The van der Waals surface area contributed by atoms with Crippen LogP contribution in [0.3, 0.4) is 0 Å². The number of aromatic nitrogens is 1. The Morgan fingerprint density at radius 1 is 0.852 bits per heavy atom. The molecule has 0 radical (unpaired) electrons. The smallest absolute Gasteiger partial charge is 0.267 e. The Bertz CT molecular complexity index is 883. The van der Waals surface area contributed by atoms with Gasteiger partial charge in [-0.3, -0.25) is 9.78 Å². The van der Waals surface area contributed by atoms with Crippen LogP contribution in [0.1, 0.15) is 48.0 Å². The standard InChI is InChI=1S/C23H23N3O/c1-23(2,3)19-14-12-18(13-15-19)22(27)26-25-21(17-9-5-4-6-10-17)20-11-7-8-16-24-20/h4-16H,1-3H3,(H,26,27)/b25-21+. The van der Waals surface area contributed by atoms with Crippen LogP contribution in [0.2, 0.25) is 0 Å². The number of benzene rings is 2. The van der Waals surface area contributed by atoms with E-state index in [4.69, 9.17) is 0 Å². The highest BCUT2D eigenvalue weighted by Gasteiger charge is 2.14. The number of carbonyl (C=O) groups excluding carboxylic acids is 1. The Morgan fingerprint density at radius 3 is 2.11 bits per heavy atom. The Balaban J connectivity index is 1.85. The van der Waals surface area contributed by atoms with Gasteiger partial charge in [0.2, 0.25) is 0 Å². The van der Waals surface area contributed by atoms with E-state index < -0.39 is 0 Å². The lowest BCUT2D eigenvalue weighted by atomic mass is 9.87. The first-order chi connectivity index (χ1) is 12.9. The zero-order valence-electron chi connectivity index (χ0n) is 15.8. The quantitative estimate of drug-likeness (QED) is 0.550. The molecule has 0 aliphatic carbocycles. The Kier molecular flexibility index (Phi) is 5.46. The van der Waals surface area contributed by atoms with Crippen LogP contribution in [0, 0.1) is 0 Å². The number of carbonyl (C=O) groups is 1. The van der Waals surface area contributed by atoms with Gasteiger partial charge < -0.3 is 0 Å². The lowest BCUT2D eigenvalue weighted by Crippen LogP contribution is -2.21. The molecular formula is C23H23N3O. The zero-order valence-corrected chi connectivity index (χ0v) is 15.8. The van der Waals surface area contributed by atoms with Crippen LogP contribution >= 0.6 is 0 Å². The molecule has 3 rings (SSSR count). The van der Waals surface area contributed by atoms with Gasteiger partial charge in [0, 0.05) is 17.3 Å². The molecule has 3 aromatic rings. The van der Waals surface area contributed by atoms with Gasteiger partial charge in [0.15, 0.2) is 0 Å². The van der Waals surface area contributed by atoms with Crippen molar-refractivity contribution in [2.24, 2.45) is 5.10 Å². The number of amides is 1. The Morgan fingerprint density at radius 2 is 1.52 bits per heavy atom. The molecular weight excluding hydrogens is 334 g/mol. The summed E-state index contributed by atoms with van der Waals surface area (Å²) in [6.07, 6.45) is 1.71. The predicted molar refractivity (Wildman–Crippen MR) is 109 cm³/mol. The molecule has 27 heavy (non-hydrogen) atoms. The van der Waals surface area contributed by atoms with Gasteiger partial charge in [-0.15, -0.1) is 0 Å². The fraction of sp³-hybridized carbons (Fsp3) is 0.174. The van der Waals surface area contributed by atoms with E-state index in [0.717, 1.165) is 5.56 Å². The SMILES string of the molecule is CC(C)(C)c1ccc(C(=O)N/N=C(\c2ccccc2)c2ccccn2)cc1. The number of hydrazone groups is 1. The van der Waals surface area contributed by atoms with Gasteiger partial charge in [-0.2, -0.15) is 5.10 Å². The van der Waals surface area contributed by atoms with Gasteiger partial charge in [0.1, 0.15) is 5.71 Å². The molecule has 1 N–H and O–H groups in total. The van der Waals surface area contributed by atoms with Crippen LogP contribution in [-0.2, 0) is 5.41 Å². The second kappa shape index (κ2) is 7.96. The third-order valence-electron chi connectivity index (χ3n) is 4.24. The summed E-state index contributed by atoms with van der Waals surface area (Å²) in [7, 11) is 0. The van der Waals surface area contributed by atoms with Gasteiger partial charge in [-0.1, -0.05) is 69.3 Å². The lowest BCUT2D eigenvalue weighted by Gasteiger charge is -2.18. The minimum absolute atomic E-state index is 0.0482. The van der Waals surface area contributed by atoms with E-state index in [1.54, 1.807) is 6.20 Å². The maximum Gasteiger partial charge on any atom is 0.271 e. The summed E-state index contributed by atoms with van der Waals surface area (Å²) in [5, 5.41) is 4.37. The summed E-state index contributed by atoms with van der Waals surface area (Å²) < 4.78 is 0. The van der Waals surface area contributed by atoms with Crippen molar-refractivity contribution in [3.8, 4) is 0 Å². The van der Waals surface area contributed by atoms with Crippen molar-refractivity contribution in [1.29, 1.82) is 0 Å². The van der Waals surface area contributed by atoms with Crippen molar-refractivity contribution in [2.75, 3.05) is 0 Å². The predicted octanol–water partition coefficient (Wildman–Crippen LogP) is 4.56. The largest absolute Gasteiger partial charge is 0.271 e. The first-order valence-electron chi connectivity index (χ1n) is 8.90. The van der Waals surface area contributed by atoms with E-state index in [1.807, 2.05) is 72.8 Å². The van der Waals surface area contributed by atoms with Gasteiger partial charge in [0.05, 0.1) is 5.69 Å². The van der Waals surface area contributed by atoms with Crippen molar-refractivity contribution in [1.82, 2.24) is 10.4 Å². The Labute approximate surface area is 160 Å². The highest BCUT2D eigenvalue weighted by molar-refractivity contribution is 6.12. The highest BCUT2D eigenvalue weighted by Crippen LogP contribution is 2.22. The molecule has 0 unspecified atom stereocenters. The molecule has 0 aliphatic rings. The van der Waals surface area contributed by atoms with Crippen molar-refractivity contribution in [3.05, 3.63) is 101 Å². The maximum atomic E-state index is 12.5. The molecule has 0 atom stereocenters. The number of nitrogens with zero attached hydrogens (tertiary/aromatic N) is 2. The molecule has 0 saturated carbocycles. The van der Waals surface area contributed by atoms with E-state index in [0.29, 0.717) is 17.0 Å². The van der Waals surface area contributed by atoms with E-state index in [-0.39, 0.29) is 11.3 Å². The van der Waals surface area contributed by atoms with E-state index in [2.05, 4.69) is 36.3 Å². The zero-order chi connectivity index (χ0) is 19.3. The van der Waals surface area contributed by atoms with Crippen molar-refractivity contribution in [2.45, 2.75) is 26.2 Å². The first-order valence-corrected chi connectivity index (χ1v) is 8.90.